The Morgan fingerprint density at radius 1 is 1.20 bits per heavy atom. The van der Waals surface area contributed by atoms with Gasteiger partial charge in [-0.05, 0) is 24.6 Å². The van der Waals surface area contributed by atoms with E-state index in [2.05, 4.69) is 15.5 Å². The van der Waals surface area contributed by atoms with Crippen LogP contribution in [-0.4, -0.2) is 74.1 Å². The normalized spacial score (nSPS) is 19.8. The van der Waals surface area contributed by atoms with E-state index in [9.17, 15) is 14.4 Å². The summed E-state index contributed by atoms with van der Waals surface area (Å²) in [4.78, 5) is 40.7. The lowest BCUT2D eigenvalue weighted by atomic mass is 9.94. The first-order chi connectivity index (χ1) is 14.4. The first kappa shape index (κ1) is 21.6. The average Bonchev–Trinajstić information content (AvgIpc) is 2.74. The number of rotatable bonds is 6. The molecule has 3 rings (SSSR count). The molecule has 30 heavy (non-hydrogen) atoms. The zero-order valence-corrected chi connectivity index (χ0v) is 17.6. The Labute approximate surface area is 176 Å². The van der Waals surface area contributed by atoms with Crippen molar-refractivity contribution in [1.82, 2.24) is 20.4 Å². The molecule has 2 heterocycles. The first-order valence-corrected chi connectivity index (χ1v) is 10.0. The summed E-state index contributed by atoms with van der Waals surface area (Å²) < 4.78 is 10.6. The summed E-state index contributed by atoms with van der Waals surface area (Å²) in [7, 11) is 1.56. The second kappa shape index (κ2) is 9.62. The van der Waals surface area contributed by atoms with Crippen molar-refractivity contribution in [3.63, 3.8) is 0 Å². The Hall–Kier alpha value is -3.07. The van der Waals surface area contributed by atoms with E-state index in [1.165, 1.54) is 0 Å². The average molecular weight is 416 g/mol. The number of hydrogen-bond acceptors (Lipinski definition) is 6. The fourth-order valence-electron chi connectivity index (χ4n) is 3.71. The summed E-state index contributed by atoms with van der Waals surface area (Å²) in [5, 5.41) is 5.62. The van der Waals surface area contributed by atoms with Crippen LogP contribution in [0.3, 0.4) is 0 Å². The lowest BCUT2D eigenvalue weighted by Gasteiger charge is -2.36. The van der Waals surface area contributed by atoms with Crippen molar-refractivity contribution in [2.24, 2.45) is 0 Å². The zero-order chi connectivity index (χ0) is 21.7. The summed E-state index contributed by atoms with van der Waals surface area (Å²) in [6.45, 7) is 6.46. The molecule has 2 N–H and O–H groups in total. The maximum absolute atomic E-state index is 12.9. The van der Waals surface area contributed by atoms with E-state index in [1.807, 2.05) is 12.1 Å². The van der Waals surface area contributed by atoms with E-state index >= 15 is 0 Å². The van der Waals surface area contributed by atoms with Crippen molar-refractivity contribution in [2.45, 2.75) is 19.9 Å². The molecule has 162 valence electrons. The molecule has 9 heteroatoms. The van der Waals surface area contributed by atoms with E-state index in [0.717, 1.165) is 5.56 Å². The number of urea groups is 1. The number of hydrogen-bond donors (Lipinski definition) is 2. The van der Waals surface area contributed by atoms with Gasteiger partial charge in [-0.3, -0.25) is 9.69 Å². The highest BCUT2D eigenvalue weighted by Gasteiger charge is 2.35. The third kappa shape index (κ3) is 4.91. The van der Waals surface area contributed by atoms with Gasteiger partial charge < -0.3 is 25.0 Å². The highest BCUT2D eigenvalue weighted by molar-refractivity contribution is 5.95. The van der Waals surface area contributed by atoms with Crippen molar-refractivity contribution in [2.75, 3.05) is 46.4 Å². The smallest absolute Gasteiger partial charge is 0.338 e. The minimum absolute atomic E-state index is 0.0503. The van der Waals surface area contributed by atoms with Gasteiger partial charge >= 0.3 is 12.0 Å². The second-order valence-corrected chi connectivity index (χ2v) is 7.20. The molecule has 2 aliphatic rings. The van der Waals surface area contributed by atoms with Gasteiger partial charge in [0, 0.05) is 45.3 Å². The van der Waals surface area contributed by atoms with Crippen molar-refractivity contribution >= 4 is 17.9 Å². The molecular weight excluding hydrogens is 388 g/mol. The van der Waals surface area contributed by atoms with Gasteiger partial charge in [-0.15, -0.1) is 0 Å². The lowest BCUT2D eigenvalue weighted by Crippen LogP contribution is -2.52. The maximum atomic E-state index is 12.9. The van der Waals surface area contributed by atoms with Gasteiger partial charge in [0.2, 0.25) is 5.91 Å². The highest BCUT2D eigenvalue weighted by atomic mass is 16.5. The first-order valence-electron chi connectivity index (χ1n) is 10.0. The van der Waals surface area contributed by atoms with Crippen molar-refractivity contribution in [1.29, 1.82) is 0 Å². The molecule has 1 aromatic carbocycles. The molecule has 1 saturated heterocycles. The molecule has 0 bridgehead atoms. The predicted octanol–water partition coefficient (Wildman–Crippen LogP) is 1.03. The Kier molecular flexibility index (Phi) is 6.94. The van der Waals surface area contributed by atoms with Gasteiger partial charge in [0.15, 0.2) is 0 Å². The molecule has 3 amide bonds. The van der Waals surface area contributed by atoms with Gasteiger partial charge in [0.1, 0.15) is 5.75 Å². The van der Waals surface area contributed by atoms with Gasteiger partial charge in [-0.2, -0.15) is 0 Å². The summed E-state index contributed by atoms with van der Waals surface area (Å²) in [5.74, 6) is 0.204. The Morgan fingerprint density at radius 2 is 1.93 bits per heavy atom. The van der Waals surface area contributed by atoms with Crippen LogP contribution in [0.4, 0.5) is 4.79 Å². The molecule has 0 saturated carbocycles. The second-order valence-electron chi connectivity index (χ2n) is 7.20. The van der Waals surface area contributed by atoms with E-state index in [0.29, 0.717) is 49.7 Å². The Balaban J connectivity index is 1.91. The molecule has 0 radical (unpaired) electrons. The number of ether oxygens (including phenoxy) is 2. The number of carbonyl (C=O) groups excluding carboxylic acids is 3. The third-order valence-electron chi connectivity index (χ3n) is 5.28. The quantitative estimate of drug-likeness (QED) is 0.672. The van der Waals surface area contributed by atoms with Gasteiger partial charge in [0.05, 0.1) is 25.3 Å². The topological polar surface area (TPSA) is 100 Å². The van der Waals surface area contributed by atoms with Crippen molar-refractivity contribution < 1.29 is 23.9 Å². The summed E-state index contributed by atoms with van der Waals surface area (Å²) >= 11 is 0. The number of amides is 3. The molecule has 0 spiro atoms. The van der Waals surface area contributed by atoms with Crippen LogP contribution in [0.2, 0.25) is 0 Å². The monoisotopic (exact) mass is 416 g/mol. The van der Waals surface area contributed by atoms with E-state index < -0.39 is 12.0 Å². The van der Waals surface area contributed by atoms with Crippen LogP contribution >= 0.6 is 0 Å². The molecule has 2 aliphatic heterocycles. The van der Waals surface area contributed by atoms with E-state index in [1.54, 1.807) is 38.0 Å². The SMILES string of the molecule is CCOC(=O)C1=C(CN2CCN(C(C)=O)CC2)NC(=O)N[C@@H]1c1cccc(OC)c1. The maximum Gasteiger partial charge on any atom is 0.338 e. The molecule has 1 fully saturated rings. The van der Waals surface area contributed by atoms with Crippen LogP contribution in [0.5, 0.6) is 5.75 Å². The number of carbonyl (C=O) groups is 3. The molecular formula is C21H28N4O5. The van der Waals surface area contributed by atoms with Crippen LogP contribution in [0.15, 0.2) is 35.5 Å². The van der Waals surface area contributed by atoms with Gasteiger partial charge in [-0.25, -0.2) is 9.59 Å². The fraction of sp³-hybridized carbons (Fsp3) is 0.476. The standard InChI is InChI=1S/C21H28N4O5/c1-4-30-20(27)18-17(13-24-8-10-25(11-9-24)14(2)26)22-21(28)23-19(18)15-6-5-7-16(12-15)29-3/h5-7,12,19H,4,8-11,13H2,1-3H3,(H2,22,23,28)/t19-/m1/s1. The summed E-state index contributed by atoms with van der Waals surface area (Å²) in [6.07, 6.45) is 0. The number of methoxy groups -OCH3 is 1. The molecule has 0 unspecified atom stereocenters. The van der Waals surface area contributed by atoms with Crippen LogP contribution in [-0.2, 0) is 14.3 Å². The van der Waals surface area contributed by atoms with Crippen LogP contribution < -0.4 is 15.4 Å². The van der Waals surface area contributed by atoms with E-state index in [-0.39, 0.29) is 18.5 Å². The highest BCUT2D eigenvalue weighted by Crippen LogP contribution is 2.30. The number of piperazine rings is 1. The Bertz CT molecular complexity index is 846. The zero-order valence-electron chi connectivity index (χ0n) is 17.6. The van der Waals surface area contributed by atoms with Gasteiger partial charge in [0.25, 0.3) is 0 Å². The molecule has 1 atom stereocenters. The number of benzene rings is 1. The third-order valence-corrected chi connectivity index (χ3v) is 5.28. The fourth-order valence-corrected chi connectivity index (χ4v) is 3.71. The predicted molar refractivity (Wildman–Crippen MR) is 110 cm³/mol. The number of esters is 1. The number of nitrogens with zero attached hydrogens (tertiary/aromatic N) is 2. The molecule has 9 nitrogen and oxygen atoms in total. The van der Waals surface area contributed by atoms with Gasteiger partial charge in [-0.1, -0.05) is 12.1 Å². The van der Waals surface area contributed by atoms with Crippen molar-refractivity contribution in [3.8, 4) is 5.75 Å². The lowest BCUT2D eigenvalue weighted by molar-refractivity contribution is -0.139. The van der Waals surface area contributed by atoms with E-state index in [4.69, 9.17) is 9.47 Å². The summed E-state index contributed by atoms with van der Waals surface area (Å²) in [5.41, 5.74) is 1.62. The van der Waals surface area contributed by atoms with Crippen molar-refractivity contribution in [3.05, 3.63) is 41.1 Å². The van der Waals surface area contributed by atoms with Crippen LogP contribution in [0.1, 0.15) is 25.5 Å². The molecule has 1 aromatic rings. The van der Waals surface area contributed by atoms with Crippen LogP contribution in [0, 0.1) is 0 Å². The number of nitrogens with one attached hydrogen (secondary N) is 2. The minimum Gasteiger partial charge on any atom is -0.497 e. The molecule has 0 aliphatic carbocycles. The Morgan fingerprint density at radius 3 is 2.57 bits per heavy atom. The van der Waals surface area contributed by atoms with Crippen LogP contribution in [0.25, 0.3) is 0 Å². The summed E-state index contributed by atoms with van der Waals surface area (Å²) in [6, 6.07) is 6.20. The molecule has 0 aromatic heterocycles. The minimum atomic E-state index is -0.651. The largest absolute Gasteiger partial charge is 0.497 e.